The Morgan fingerprint density at radius 3 is 2.75 bits per heavy atom. The third-order valence-corrected chi connectivity index (χ3v) is 4.21. The number of nitrogens with one attached hydrogen (secondary N) is 4. The monoisotopic (exact) mass is 393 g/mol. The lowest BCUT2D eigenvalue weighted by atomic mass is 10.2. The maximum absolute atomic E-state index is 12.3. The zero-order chi connectivity index (χ0) is 19.3. The van der Waals surface area contributed by atoms with E-state index in [1.807, 2.05) is 42.5 Å². The molecule has 2 amide bonds. The molecule has 0 aliphatic carbocycles. The van der Waals surface area contributed by atoms with Gasteiger partial charge in [0, 0.05) is 17.3 Å². The van der Waals surface area contributed by atoms with Gasteiger partial charge in [0.15, 0.2) is 5.65 Å². The van der Waals surface area contributed by atoms with Crippen LogP contribution in [0.2, 0.25) is 5.02 Å². The molecule has 4 N–H and O–H groups in total. The molecule has 8 nitrogen and oxygen atoms in total. The molecular weight excluding hydrogens is 378 g/mol. The van der Waals surface area contributed by atoms with E-state index in [1.165, 1.54) is 6.33 Å². The van der Waals surface area contributed by atoms with Crippen molar-refractivity contribution in [2.75, 3.05) is 10.6 Å². The van der Waals surface area contributed by atoms with Crippen molar-refractivity contribution in [2.24, 2.45) is 0 Å². The van der Waals surface area contributed by atoms with E-state index < -0.39 is 0 Å². The average Bonchev–Trinajstić information content (AvgIpc) is 3.11. The van der Waals surface area contributed by atoms with E-state index in [2.05, 4.69) is 36.1 Å². The fraction of sp³-hybridized carbons (Fsp3) is 0.0526. The maximum atomic E-state index is 12.3. The first-order valence-electron chi connectivity index (χ1n) is 8.49. The van der Waals surface area contributed by atoms with Gasteiger partial charge in [0.1, 0.15) is 23.3 Å². The number of carbonyl (C=O) groups excluding carboxylic acids is 1. The molecule has 0 bridgehead atoms. The van der Waals surface area contributed by atoms with Crippen LogP contribution in [0.25, 0.3) is 11.0 Å². The van der Waals surface area contributed by atoms with E-state index in [-0.39, 0.29) is 6.03 Å². The van der Waals surface area contributed by atoms with Gasteiger partial charge in [-0.2, -0.15) is 5.10 Å². The number of urea groups is 1. The summed E-state index contributed by atoms with van der Waals surface area (Å²) in [5, 5.41) is 16.8. The Kier molecular flexibility index (Phi) is 5.03. The van der Waals surface area contributed by atoms with Gasteiger partial charge in [-0.15, -0.1) is 0 Å². The predicted octanol–water partition coefficient (Wildman–Crippen LogP) is 4.07. The van der Waals surface area contributed by atoms with E-state index >= 15 is 0 Å². The van der Waals surface area contributed by atoms with Crippen LogP contribution < -0.4 is 16.0 Å². The number of hydrogen-bond acceptors (Lipinski definition) is 5. The number of amides is 2. The lowest BCUT2D eigenvalue weighted by Crippen LogP contribution is -2.28. The van der Waals surface area contributed by atoms with Crippen LogP contribution in [0.3, 0.4) is 0 Å². The highest BCUT2D eigenvalue weighted by atomic mass is 35.5. The lowest BCUT2D eigenvalue weighted by Gasteiger charge is -2.09. The normalized spacial score (nSPS) is 10.6. The fourth-order valence-electron chi connectivity index (χ4n) is 2.68. The number of anilines is 3. The summed E-state index contributed by atoms with van der Waals surface area (Å²) in [5.41, 5.74) is 2.19. The Bertz CT molecular complexity index is 1110. The Labute approximate surface area is 165 Å². The first-order chi connectivity index (χ1) is 13.7. The molecule has 4 aromatic rings. The number of carbonyl (C=O) groups is 1. The minimum absolute atomic E-state index is 0.369. The van der Waals surface area contributed by atoms with Crippen LogP contribution in [-0.2, 0) is 6.54 Å². The third-order valence-electron chi connectivity index (χ3n) is 3.97. The summed E-state index contributed by atoms with van der Waals surface area (Å²) in [6.07, 6.45) is 1.40. The Balaban J connectivity index is 1.53. The second-order valence-corrected chi connectivity index (χ2v) is 6.38. The predicted molar refractivity (Wildman–Crippen MR) is 109 cm³/mol. The molecule has 0 atom stereocenters. The van der Waals surface area contributed by atoms with Crippen molar-refractivity contribution in [3.63, 3.8) is 0 Å². The van der Waals surface area contributed by atoms with Gasteiger partial charge in [-0.25, -0.2) is 14.8 Å². The van der Waals surface area contributed by atoms with Crippen molar-refractivity contribution in [1.82, 2.24) is 25.5 Å². The highest BCUT2D eigenvalue weighted by Crippen LogP contribution is 2.28. The number of rotatable bonds is 5. The van der Waals surface area contributed by atoms with E-state index in [1.54, 1.807) is 12.1 Å². The number of hydrogen-bond donors (Lipinski definition) is 4. The maximum Gasteiger partial charge on any atom is 0.320 e. The van der Waals surface area contributed by atoms with Crippen molar-refractivity contribution in [1.29, 1.82) is 0 Å². The highest BCUT2D eigenvalue weighted by molar-refractivity contribution is 6.30. The molecule has 0 unspecified atom stereocenters. The summed E-state index contributed by atoms with van der Waals surface area (Å²) in [6.45, 7) is 0.406. The molecule has 4 rings (SSSR count). The van der Waals surface area contributed by atoms with E-state index in [9.17, 15) is 4.79 Å². The molecule has 0 saturated heterocycles. The number of halogens is 1. The van der Waals surface area contributed by atoms with Crippen molar-refractivity contribution in [3.8, 4) is 0 Å². The van der Waals surface area contributed by atoms with Crippen LogP contribution in [-0.4, -0.2) is 26.2 Å². The van der Waals surface area contributed by atoms with Crippen molar-refractivity contribution < 1.29 is 4.79 Å². The van der Waals surface area contributed by atoms with E-state index in [4.69, 9.17) is 11.6 Å². The third kappa shape index (κ3) is 4.02. The number of nitrogens with zero attached hydrogens (tertiary/aromatic N) is 3. The number of benzene rings is 2. The van der Waals surface area contributed by atoms with Crippen molar-refractivity contribution >= 4 is 46.0 Å². The molecule has 140 valence electrons. The van der Waals surface area contributed by atoms with Crippen LogP contribution in [0.15, 0.2) is 60.9 Å². The molecule has 9 heteroatoms. The van der Waals surface area contributed by atoms with Gasteiger partial charge >= 0.3 is 6.03 Å². The number of fused-ring (bicyclic) bond motifs is 1. The molecule has 2 aromatic heterocycles. The largest absolute Gasteiger partial charge is 0.339 e. The standard InChI is InChI=1S/C19H16ClN7O/c20-13-7-4-8-14(9-13)24-16-15-17(23-11-22-16)26-27-18(15)25-19(28)21-10-12-5-2-1-3-6-12/h1-9,11H,10H2,(H4,21,22,23,24,25,26,27,28). The van der Waals surface area contributed by atoms with Crippen LogP contribution in [0, 0.1) is 0 Å². The molecule has 2 heterocycles. The zero-order valence-electron chi connectivity index (χ0n) is 14.6. The van der Waals surface area contributed by atoms with Gasteiger partial charge in [0.2, 0.25) is 0 Å². The topological polar surface area (TPSA) is 108 Å². The summed E-state index contributed by atoms with van der Waals surface area (Å²) in [5.74, 6) is 0.894. The molecule has 0 aliphatic heterocycles. The van der Waals surface area contributed by atoms with Crippen LogP contribution in [0.4, 0.5) is 22.1 Å². The number of aromatic nitrogens is 4. The quantitative estimate of drug-likeness (QED) is 0.408. The second kappa shape index (κ2) is 7.93. The summed E-state index contributed by atoms with van der Waals surface area (Å²) in [7, 11) is 0. The molecule has 2 aromatic carbocycles. The highest BCUT2D eigenvalue weighted by Gasteiger charge is 2.15. The second-order valence-electron chi connectivity index (χ2n) is 5.95. The summed E-state index contributed by atoms with van der Waals surface area (Å²) in [4.78, 5) is 20.7. The van der Waals surface area contributed by atoms with Gasteiger partial charge in [-0.05, 0) is 23.8 Å². The first-order valence-corrected chi connectivity index (χ1v) is 8.87. The van der Waals surface area contributed by atoms with Crippen molar-refractivity contribution in [2.45, 2.75) is 6.54 Å². The summed E-state index contributed by atoms with van der Waals surface area (Å²) >= 11 is 6.04. The Morgan fingerprint density at radius 2 is 1.93 bits per heavy atom. The SMILES string of the molecule is O=C(NCc1ccccc1)Nc1[nH]nc2ncnc(Nc3cccc(Cl)c3)c12. The zero-order valence-corrected chi connectivity index (χ0v) is 15.4. The van der Waals surface area contributed by atoms with Crippen LogP contribution in [0.1, 0.15) is 5.56 Å². The van der Waals surface area contributed by atoms with Gasteiger partial charge in [0.25, 0.3) is 0 Å². The Hall–Kier alpha value is -3.65. The minimum Gasteiger partial charge on any atom is -0.339 e. The molecule has 28 heavy (non-hydrogen) atoms. The van der Waals surface area contributed by atoms with Crippen LogP contribution in [0.5, 0.6) is 0 Å². The molecule has 0 saturated carbocycles. The molecule has 0 radical (unpaired) electrons. The van der Waals surface area contributed by atoms with E-state index in [0.717, 1.165) is 11.3 Å². The van der Waals surface area contributed by atoms with Crippen molar-refractivity contribution in [3.05, 3.63) is 71.5 Å². The molecule has 0 aliphatic rings. The number of aromatic amines is 1. The molecule has 0 fully saturated rings. The minimum atomic E-state index is -0.369. The summed E-state index contributed by atoms with van der Waals surface area (Å²) in [6, 6.07) is 16.5. The van der Waals surface area contributed by atoms with Gasteiger partial charge in [-0.1, -0.05) is 48.0 Å². The summed E-state index contributed by atoms with van der Waals surface area (Å²) < 4.78 is 0. The van der Waals surface area contributed by atoms with Gasteiger partial charge in [-0.3, -0.25) is 10.4 Å². The Morgan fingerprint density at radius 1 is 1.07 bits per heavy atom. The van der Waals surface area contributed by atoms with Gasteiger partial charge < -0.3 is 10.6 Å². The number of H-pyrrole nitrogens is 1. The smallest absolute Gasteiger partial charge is 0.320 e. The van der Waals surface area contributed by atoms with Gasteiger partial charge in [0.05, 0.1) is 0 Å². The fourth-order valence-corrected chi connectivity index (χ4v) is 2.87. The molecule has 0 spiro atoms. The first kappa shape index (κ1) is 17.7. The van der Waals surface area contributed by atoms with E-state index in [0.29, 0.717) is 34.2 Å². The average molecular weight is 394 g/mol. The molecular formula is C19H16ClN7O. The van der Waals surface area contributed by atoms with Crippen LogP contribution >= 0.6 is 11.6 Å². The lowest BCUT2D eigenvalue weighted by molar-refractivity contribution is 0.251.